The molecule has 8 heteroatoms. The van der Waals surface area contributed by atoms with Crippen molar-refractivity contribution in [1.82, 2.24) is 0 Å². The zero-order valence-corrected chi connectivity index (χ0v) is 19.0. The van der Waals surface area contributed by atoms with Gasteiger partial charge in [0, 0.05) is 10.0 Å². The summed E-state index contributed by atoms with van der Waals surface area (Å²) < 4.78 is 43.1. The van der Waals surface area contributed by atoms with E-state index in [1.807, 2.05) is 26.0 Å². The van der Waals surface area contributed by atoms with Gasteiger partial charge in [-0.25, -0.2) is 12.8 Å². The number of halogens is 2. The van der Waals surface area contributed by atoms with E-state index in [0.717, 1.165) is 11.1 Å². The quantitative estimate of drug-likeness (QED) is 0.490. The van der Waals surface area contributed by atoms with Crippen LogP contribution in [0.5, 0.6) is 0 Å². The van der Waals surface area contributed by atoms with Crippen molar-refractivity contribution < 1.29 is 17.6 Å². The molecule has 30 heavy (non-hydrogen) atoms. The fourth-order valence-corrected chi connectivity index (χ4v) is 4.68. The summed E-state index contributed by atoms with van der Waals surface area (Å²) in [5.41, 5.74) is 2.86. The van der Waals surface area contributed by atoms with Crippen LogP contribution in [-0.2, 0) is 10.0 Å². The molecule has 5 nitrogen and oxygen atoms in total. The third-order valence-corrected chi connectivity index (χ3v) is 6.55. The minimum absolute atomic E-state index is 0.00147. The summed E-state index contributed by atoms with van der Waals surface area (Å²) in [5.74, 6) is -1.21. The molecule has 0 unspecified atom stereocenters. The number of carbonyl (C=O) groups excluding carboxylic acids is 1. The molecule has 0 aliphatic carbocycles. The van der Waals surface area contributed by atoms with E-state index in [9.17, 15) is 17.6 Å². The lowest BCUT2D eigenvalue weighted by molar-refractivity contribution is 0.102. The van der Waals surface area contributed by atoms with Crippen LogP contribution in [0.25, 0.3) is 0 Å². The molecular formula is C22H20BrFN2O3S. The van der Waals surface area contributed by atoms with Crippen LogP contribution in [0.1, 0.15) is 27.0 Å². The SMILES string of the molecule is Cc1ccc(NS(=O)(=O)c2cc(C(=O)Nc3ccc(Br)cc3F)ccc2C)c(C)c1. The molecule has 0 bridgehead atoms. The Labute approximate surface area is 183 Å². The van der Waals surface area contributed by atoms with Crippen molar-refractivity contribution >= 4 is 43.2 Å². The molecule has 0 atom stereocenters. The fourth-order valence-electron chi connectivity index (χ4n) is 2.94. The maximum Gasteiger partial charge on any atom is 0.262 e. The van der Waals surface area contributed by atoms with Gasteiger partial charge in [0.25, 0.3) is 15.9 Å². The molecule has 1 amide bonds. The maximum absolute atomic E-state index is 14.0. The highest BCUT2D eigenvalue weighted by atomic mass is 79.9. The van der Waals surface area contributed by atoms with Gasteiger partial charge in [-0.15, -0.1) is 0 Å². The molecule has 0 aromatic heterocycles. The zero-order valence-electron chi connectivity index (χ0n) is 16.6. The van der Waals surface area contributed by atoms with Crippen LogP contribution in [0, 0.1) is 26.6 Å². The maximum atomic E-state index is 14.0. The first-order chi connectivity index (χ1) is 14.1. The van der Waals surface area contributed by atoms with E-state index in [1.54, 1.807) is 25.1 Å². The van der Waals surface area contributed by atoms with Crippen LogP contribution in [0.2, 0.25) is 0 Å². The second kappa shape index (κ2) is 8.57. The van der Waals surface area contributed by atoms with Gasteiger partial charge >= 0.3 is 0 Å². The third kappa shape index (κ3) is 4.88. The molecule has 0 saturated heterocycles. The van der Waals surface area contributed by atoms with Crippen molar-refractivity contribution in [2.45, 2.75) is 25.7 Å². The highest BCUT2D eigenvalue weighted by Crippen LogP contribution is 2.25. The Hall–Kier alpha value is -2.71. The Morgan fingerprint density at radius 2 is 1.60 bits per heavy atom. The van der Waals surface area contributed by atoms with Gasteiger partial charge in [0.1, 0.15) is 5.82 Å². The van der Waals surface area contributed by atoms with Gasteiger partial charge in [-0.05, 0) is 68.3 Å². The Morgan fingerprint density at radius 1 is 0.900 bits per heavy atom. The van der Waals surface area contributed by atoms with E-state index in [4.69, 9.17) is 0 Å². The van der Waals surface area contributed by atoms with Gasteiger partial charge < -0.3 is 5.32 Å². The average molecular weight is 491 g/mol. The molecule has 3 aromatic rings. The second-order valence-electron chi connectivity index (χ2n) is 6.98. The van der Waals surface area contributed by atoms with E-state index >= 15 is 0 Å². The number of aryl methyl sites for hydroxylation is 3. The lowest BCUT2D eigenvalue weighted by Gasteiger charge is -2.14. The molecule has 2 N–H and O–H groups in total. The smallest absolute Gasteiger partial charge is 0.262 e. The number of hydrogen-bond acceptors (Lipinski definition) is 3. The van der Waals surface area contributed by atoms with Crippen LogP contribution in [0.15, 0.2) is 64.0 Å². The number of nitrogens with one attached hydrogen (secondary N) is 2. The highest BCUT2D eigenvalue weighted by Gasteiger charge is 2.20. The Bertz CT molecular complexity index is 1240. The Morgan fingerprint density at radius 3 is 2.27 bits per heavy atom. The normalized spacial score (nSPS) is 11.2. The number of benzene rings is 3. The predicted molar refractivity (Wildman–Crippen MR) is 120 cm³/mol. The molecule has 3 aromatic carbocycles. The summed E-state index contributed by atoms with van der Waals surface area (Å²) in [6, 6.07) is 14.0. The summed E-state index contributed by atoms with van der Waals surface area (Å²) in [6.45, 7) is 5.38. The zero-order chi connectivity index (χ0) is 22.1. The van der Waals surface area contributed by atoms with Crippen molar-refractivity contribution in [3.05, 3.63) is 87.1 Å². The van der Waals surface area contributed by atoms with E-state index < -0.39 is 21.7 Å². The van der Waals surface area contributed by atoms with E-state index in [1.165, 1.54) is 24.3 Å². The summed E-state index contributed by atoms with van der Waals surface area (Å²) in [6.07, 6.45) is 0. The fraction of sp³-hybridized carbons (Fsp3) is 0.136. The standard InChI is InChI=1S/C22H20BrFN2O3S/c1-13-4-8-19(15(3)10-13)26-30(28,29)21-11-16(6-5-14(21)2)22(27)25-20-9-7-17(23)12-18(20)24/h4-12,26H,1-3H3,(H,25,27). The Kier molecular flexibility index (Phi) is 6.28. The van der Waals surface area contributed by atoms with Crippen LogP contribution in [0.4, 0.5) is 15.8 Å². The number of amides is 1. The molecule has 0 fully saturated rings. The first-order valence-corrected chi connectivity index (χ1v) is 11.3. The summed E-state index contributed by atoms with van der Waals surface area (Å²) in [7, 11) is -3.93. The summed E-state index contributed by atoms with van der Waals surface area (Å²) in [4.78, 5) is 12.6. The lowest BCUT2D eigenvalue weighted by atomic mass is 10.1. The molecule has 0 saturated carbocycles. The molecule has 156 valence electrons. The average Bonchev–Trinajstić information content (AvgIpc) is 2.66. The topological polar surface area (TPSA) is 75.3 Å². The number of hydrogen-bond donors (Lipinski definition) is 2. The molecule has 0 spiro atoms. The van der Waals surface area contributed by atoms with Crippen LogP contribution in [-0.4, -0.2) is 14.3 Å². The van der Waals surface area contributed by atoms with Crippen LogP contribution < -0.4 is 10.0 Å². The number of sulfonamides is 1. The van der Waals surface area contributed by atoms with Crippen molar-refractivity contribution in [3.63, 3.8) is 0 Å². The van der Waals surface area contributed by atoms with Crippen LogP contribution >= 0.6 is 15.9 Å². The van der Waals surface area contributed by atoms with Gasteiger partial charge in [0.15, 0.2) is 0 Å². The number of rotatable bonds is 5. The predicted octanol–water partition coefficient (Wildman–Crippen LogP) is 5.57. The van der Waals surface area contributed by atoms with Crippen molar-refractivity contribution in [2.75, 3.05) is 10.0 Å². The second-order valence-corrected chi connectivity index (χ2v) is 9.55. The van der Waals surface area contributed by atoms with Gasteiger partial charge in [-0.3, -0.25) is 9.52 Å². The van der Waals surface area contributed by atoms with Gasteiger partial charge in [0.05, 0.1) is 16.3 Å². The van der Waals surface area contributed by atoms with Gasteiger partial charge in [-0.1, -0.05) is 39.7 Å². The van der Waals surface area contributed by atoms with E-state index in [2.05, 4.69) is 26.0 Å². The molecule has 0 aliphatic heterocycles. The first-order valence-electron chi connectivity index (χ1n) is 9.04. The largest absolute Gasteiger partial charge is 0.319 e. The summed E-state index contributed by atoms with van der Waals surface area (Å²) in [5, 5.41) is 2.47. The van der Waals surface area contributed by atoms with E-state index in [0.29, 0.717) is 15.7 Å². The minimum Gasteiger partial charge on any atom is -0.319 e. The first kappa shape index (κ1) is 22.0. The Balaban J connectivity index is 1.91. The van der Waals surface area contributed by atoms with E-state index in [-0.39, 0.29) is 16.1 Å². The number of anilines is 2. The van der Waals surface area contributed by atoms with Crippen molar-refractivity contribution in [1.29, 1.82) is 0 Å². The highest BCUT2D eigenvalue weighted by molar-refractivity contribution is 9.10. The van der Waals surface area contributed by atoms with Crippen molar-refractivity contribution in [3.8, 4) is 0 Å². The van der Waals surface area contributed by atoms with Gasteiger partial charge in [0.2, 0.25) is 0 Å². The molecule has 3 rings (SSSR count). The van der Waals surface area contributed by atoms with Gasteiger partial charge in [-0.2, -0.15) is 0 Å². The molecule has 0 aliphatic rings. The molecule has 0 radical (unpaired) electrons. The molecular weight excluding hydrogens is 471 g/mol. The number of carbonyl (C=O) groups is 1. The minimum atomic E-state index is -3.93. The van der Waals surface area contributed by atoms with Crippen LogP contribution in [0.3, 0.4) is 0 Å². The van der Waals surface area contributed by atoms with Crippen molar-refractivity contribution in [2.24, 2.45) is 0 Å². The monoisotopic (exact) mass is 490 g/mol. The third-order valence-electron chi connectivity index (χ3n) is 4.55. The lowest BCUT2D eigenvalue weighted by Crippen LogP contribution is -2.18. The molecule has 0 heterocycles. The summed E-state index contributed by atoms with van der Waals surface area (Å²) >= 11 is 3.16.